The maximum atomic E-state index is 12.7. The van der Waals surface area contributed by atoms with Crippen LogP contribution in [0.2, 0.25) is 0 Å². The molecule has 1 aromatic rings. The van der Waals surface area contributed by atoms with Gasteiger partial charge in [0.25, 0.3) is 0 Å². The third-order valence-electron chi connectivity index (χ3n) is 3.22. The Balaban J connectivity index is 2.12. The van der Waals surface area contributed by atoms with Gasteiger partial charge in [0.1, 0.15) is 5.75 Å². The summed E-state index contributed by atoms with van der Waals surface area (Å²) in [5, 5.41) is 9.45. The van der Waals surface area contributed by atoms with Crippen molar-refractivity contribution in [3.8, 4) is 5.75 Å². The summed E-state index contributed by atoms with van der Waals surface area (Å²) >= 11 is 0. The SMILES string of the molecule is CN(CC1=CC=C(C(F)(F)F)CC=C1)c1cccc(O)c1. The second-order valence-corrected chi connectivity index (χ2v) is 4.91. The minimum atomic E-state index is -4.28. The molecule has 0 saturated carbocycles. The summed E-state index contributed by atoms with van der Waals surface area (Å²) in [7, 11) is 1.82. The molecule has 2 nitrogen and oxygen atoms in total. The number of aromatic hydroxyl groups is 1. The molecule has 0 atom stereocenters. The van der Waals surface area contributed by atoms with E-state index in [1.165, 1.54) is 12.2 Å². The van der Waals surface area contributed by atoms with Crippen molar-refractivity contribution in [2.75, 3.05) is 18.5 Å². The van der Waals surface area contributed by atoms with Crippen LogP contribution in [-0.2, 0) is 0 Å². The Morgan fingerprint density at radius 1 is 1.24 bits per heavy atom. The lowest BCUT2D eigenvalue weighted by Gasteiger charge is -2.19. The van der Waals surface area contributed by atoms with Crippen LogP contribution in [-0.4, -0.2) is 24.9 Å². The van der Waals surface area contributed by atoms with Crippen molar-refractivity contribution in [1.82, 2.24) is 0 Å². The molecule has 1 aromatic carbocycles. The maximum Gasteiger partial charge on any atom is 0.412 e. The van der Waals surface area contributed by atoms with Crippen molar-refractivity contribution in [1.29, 1.82) is 0 Å². The molecular formula is C16H16F3NO. The van der Waals surface area contributed by atoms with E-state index in [9.17, 15) is 18.3 Å². The van der Waals surface area contributed by atoms with Gasteiger partial charge in [-0.2, -0.15) is 13.2 Å². The van der Waals surface area contributed by atoms with Gasteiger partial charge in [-0.05, 0) is 24.1 Å². The number of allylic oxidation sites excluding steroid dienone is 4. The number of hydrogen-bond donors (Lipinski definition) is 1. The standard InChI is InChI=1S/C16H16F3NO/c1-20(14-6-3-7-15(21)10-14)11-12-4-2-5-13(9-8-12)16(17,18)19/h2-4,6-10,21H,5,11H2,1H3. The van der Waals surface area contributed by atoms with E-state index < -0.39 is 11.7 Å². The molecule has 0 aromatic heterocycles. The topological polar surface area (TPSA) is 23.5 Å². The van der Waals surface area contributed by atoms with Gasteiger partial charge in [-0.3, -0.25) is 0 Å². The molecule has 0 spiro atoms. The summed E-state index contributed by atoms with van der Waals surface area (Å²) in [5.41, 5.74) is 1.03. The molecule has 1 aliphatic carbocycles. The van der Waals surface area contributed by atoms with Crippen molar-refractivity contribution in [3.05, 3.63) is 59.7 Å². The lowest BCUT2D eigenvalue weighted by molar-refractivity contribution is -0.0928. The monoisotopic (exact) mass is 295 g/mol. The zero-order valence-electron chi connectivity index (χ0n) is 11.6. The summed E-state index contributed by atoms with van der Waals surface area (Å²) < 4.78 is 38.0. The minimum absolute atomic E-state index is 0.112. The highest BCUT2D eigenvalue weighted by molar-refractivity contribution is 5.51. The van der Waals surface area contributed by atoms with Crippen molar-refractivity contribution in [3.63, 3.8) is 0 Å². The molecular weight excluding hydrogens is 279 g/mol. The Morgan fingerprint density at radius 2 is 2.00 bits per heavy atom. The van der Waals surface area contributed by atoms with Crippen molar-refractivity contribution in [2.45, 2.75) is 12.6 Å². The van der Waals surface area contributed by atoms with E-state index in [2.05, 4.69) is 0 Å². The molecule has 0 heterocycles. The molecule has 2 rings (SSSR count). The highest BCUT2D eigenvalue weighted by Gasteiger charge is 2.32. The van der Waals surface area contributed by atoms with Gasteiger partial charge in [0.15, 0.2) is 0 Å². The number of rotatable bonds is 3. The Hall–Kier alpha value is -2.17. The molecule has 0 saturated heterocycles. The van der Waals surface area contributed by atoms with Gasteiger partial charge < -0.3 is 10.0 Å². The molecule has 1 aliphatic rings. The third-order valence-corrected chi connectivity index (χ3v) is 3.22. The van der Waals surface area contributed by atoms with Crippen molar-refractivity contribution < 1.29 is 18.3 Å². The second kappa shape index (κ2) is 6.08. The van der Waals surface area contributed by atoms with Crippen LogP contribution in [0.5, 0.6) is 5.75 Å². The molecule has 0 aliphatic heterocycles. The largest absolute Gasteiger partial charge is 0.508 e. The average Bonchev–Trinajstić information content (AvgIpc) is 2.64. The van der Waals surface area contributed by atoms with Gasteiger partial charge in [0, 0.05) is 30.9 Å². The maximum absolute atomic E-state index is 12.7. The highest BCUT2D eigenvalue weighted by atomic mass is 19.4. The summed E-state index contributed by atoms with van der Waals surface area (Å²) in [5.74, 6) is 0.156. The molecule has 0 unspecified atom stereocenters. The molecule has 5 heteroatoms. The van der Waals surface area contributed by atoms with E-state index in [0.717, 1.165) is 17.3 Å². The highest BCUT2D eigenvalue weighted by Crippen LogP contribution is 2.30. The Bertz CT molecular complexity index is 600. The summed E-state index contributed by atoms with van der Waals surface area (Å²) in [4.78, 5) is 1.86. The van der Waals surface area contributed by atoms with Crippen LogP contribution in [0.4, 0.5) is 18.9 Å². The fourth-order valence-electron chi connectivity index (χ4n) is 2.08. The zero-order valence-corrected chi connectivity index (χ0v) is 11.6. The first-order valence-electron chi connectivity index (χ1n) is 6.50. The minimum Gasteiger partial charge on any atom is -0.508 e. The lowest BCUT2D eigenvalue weighted by atomic mass is 10.2. The number of phenols is 1. The van der Waals surface area contributed by atoms with E-state index in [4.69, 9.17) is 0 Å². The average molecular weight is 295 g/mol. The zero-order chi connectivity index (χ0) is 15.5. The van der Waals surface area contributed by atoms with Crippen LogP contribution in [0, 0.1) is 0 Å². The number of anilines is 1. The van der Waals surface area contributed by atoms with Gasteiger partial charge in [-0.1, -0.05) is 30.4 Å². The molecule has 0 fully saturated rings. The quantitative estimate of drug-likeness (QED) is 0.903. The third kappa shape index (κ3) is 4.15. The number of phenolic OH excluding ortho intramolecular Hbond substituents is 1. The summed E-state index contributed by atoms with van der Waals surface area (Å²) in [6.45, 7) is 0.460. The number of alkyl halides is 3. The van der Waals surface area contributed by atoms with E-state index in [1.807, 2.05) is 18.0 Å². The van der Waals surface area contributed by atoms with Crippen LogP contribution in [0.1, 0.15) is 6.42 Å². The van der Waals surface area contributed by atoms with Gasteiger partial charge in [-0.25, -0.2) is 0 Å². The van der Waals surface area contributed by atoms with E-state index in [1.54, 1.807) is 24.3 Å². The predicted octanol–water partition coefficient (Wildman–Crippen LogP) is 4.20. The summed E-state index contributed by atoms with van der Waals surface area (Å²) in [6.07, 6.45) is 1.45. The Morgan fingerprint density at radius 3 is 2.67 bits per heavy atom. The van der Waals surface area contributed by atoms with E-state index in [-0.39, 0.29) is 12.2 Å². The fourth-order valence-corrected chi connectivity index (χ4v) is 2.08. The molecule has 1 N–H and O–H groups in total. The van der Waals surface area contributed by atoms with Crippen LogP contribution in [0.15, 0.2) is 59.7 Å². The molecule has 0 amide bonds. The van der Waals surface area contributed by atoms with Crippen LogP contribution >= 0.6 is 0 Å². The second-order valence-electron chi connectivity index (χ2n) is 4.91. The Kier molecular flexibility index (Phi) is 4.40. The predicted molar refractivity (Wildman–Crippen MR) is 77.4 cm³/mol. The first-order valence-corrected chi connectivity index (χ1v) is 6.50. The van der Waals surface area contributed by atoms with Crippen LogP contribution in [0.25, 0.3) is 0 Å². The smallest absolute Gasteiger partial charge is 0.412 e. The first kappa shape index (κ1) is 15.2. The molecule has 112 valence electrons. The first-order chi connectivity index (χ1) is 9.86. The van der Waals surface area contributed by atoms with Crippen molar-refractivity contribution in [2.24, 2.45) is 0 Å². The number of nitrogens with zero attached hydrogens (tertiary/aromatic N) is 1. The summed E-state index contributed by atoms with van der Waals surface area (Å²) in [6, 6.07) is 6.73. The van der Waals surface area contributed by atoms with Gasteiger partial charge in [0.2, 0.25) is 0 Å². The van der Waals surface area contributed by atoms with Gasteiger partial charge >= 0.3 is 6.18 Å². The van der Waals surface area contributed by atoms with Crippen molar-refractivity contribution >= 4 is 5.69 Å². The van der Waals surface area contributed by atoms with Crippen LogP contribution < -0.4 is 4.90 Å². The number of halogens is 3. The lowest BCUT2D eigenvalue weighted by Crippen LogP contribution is -2.19. The number of hydrogen-bond acceptors (Lipinski definition) is 2. The fraction of sp³-hybridized carbons (Fsp3) is 0.250. The molecule has 0 bridgehead atoms. The normalized spacial score (nSPS) is 15.2. The van der Waals surface area contributed by atoms with E-state index >= 15 is 0 Å². The van der Waals surface area contributed by atoms with Crippen LogP contribution in [0.3, 0.4) is 0 Å². The molecule has 21 heavy (non-hydrogen) atoms. The molecule has 0 radical (unpaired) electrons. The Labute approximate surface area is 121 Å². The van der Waals surface area contributed by atoms with Gasteiger partial charge in [0.05, 0.1) is 0 Å². The van der Waals surface area contributed by atoms with E-state index in [0.29, 0.717) is 6.54 Å². The number of benzene rings is 1. The van der Waals surface area contributed by atoms with Gasteiger partial charge in [-0.15, -0.1) is 0 Å². The number of likely N-dealkylation sites (N-methyl/N-ethyl adjacent to an activating group) is 1.